The Morgan fingerprint density at radius 1 is 0.250 bits per heavy atom. The highest BCUT2D eigenvalue weighted by molar-refractivity contribution is 6.15. The Morgan fingerprint density at radius 2 is 0.554 bits per heavy atom. The van der Waals surface area contributed by atoms with Crippen LogP contribution in [0.2, 0.25) is 0 Å². The number of furan rings is 2. The highest BCUT2D eigenvalue weighted by Crippen LogP contribution is 2.39. The van der Waals surface area contributed by atoms with E-state index in [1.165, 1.54) is 0 Å². The van der Waals surface area contributed by atoms with Gasteiger partial charge in [0.15, 0.2) is 11.6 Å². The highest BCUT2D eigenvalue weighted by Gasteiger charge is 2.18. The predicted octanol–water partition coefficient (Wildman–Crippen LogP) is 13.1. The molecule has 4 heterocycles. The van der Waals surface area contributed by atoms with Gasteiger partial charge in [-0.3, -0.25) is 0 Å². The van der Waals surface area contributed by atoms with Crippen LogP contribution in [-0.2, 0) is 0 Å². The third kappa shape index (κ3) is 5.60. The van der Waals surface area contributed by atoms with Gasteiger partial charge in [0.25, 0.3) is 0 Å². The van der Waals surface area contributed by atoms with Crippen molar-refractivity contribution in [2.75, 3.05) is 0 Å². The molecule has 6 heteroatoms. The number of hydrogen-bond donors (Lipinski definition) is 0. The van der Waals surface area contributed by atoms with Crippen molar-refractivity contribution in [3.05, 3.63) is 182 Å². The third-order valence-corrected chi connectivity index (χ3v) is 10.3. The Morgan fingerprint density at radius 3 is 0.875 bits per heavy atom. The van der Waals surface area contributed by atoms with E-state index in [9.17, 15) is 0 Å². The standard InChI is InChI=1S/C50H30N4O2/c1-5-13-31(14-6-1)41-29-42(32-15-7-2-8-16-32)52-49(51-41)35-21-23-37-39-27-48-40(28-47(39)55-45(37)25-35)38-24-22-36(26-46(38)56-48)50-53-43(33-17-9-3-10-18-33)30-44(54-50)34-19-11-4-12-20-34/h1-30H. The van der Waals surface area contributed by atoms with Crippen LogP contribution in [0.5, 0.6) is 0 Å². The molecule has 0 N–H and O–H groups in total. The molecule has 0 saturated heterocycles. The summed E-state index contributed by atoms with van der Waals surface area (Å²) in [5.41, 5.74) is 12.4. The van der Waals surface area contributed by atoms with E-state index in [1.807, 2.05) is 97.1 Å². The molecular formula is C50H30N4O2. The molecule has 262 valence electrons. The number of hydrogen-bond acceptors (Lipinski definition) is 6. The predicted molar refractivity (Wildman–Crippen MR) is 225 cm³/mol. The zero-order chi connectivity index (χ0) is 37.0. The Bertz CT molecular complexity index is 2890. The van der Waals surface area contributed by atoms with Crippen molar-refractivity contribution in [3.63, 3.8) is 0 Å². The van der Waals surface area contributed by atoms with Gasteiger partial charge in [-0.2, -0.15) is 0 Å². The maximum Gasteiger partial charge on any atom is 0.160 e. The van der Waals surface area contributed by atoms with Crippen molar-refractivity contribution in [1.82, 2.24) is 19.9 Å². The van der Waals surface area contributed by atoms with Gasteiger partial charge in [-0.1, -0.05) is 133 Å². The molecule has 0 spiro atoms. The average molecular weight is 719 g/mol. The zero-order valence-corrected chi connectivity index (χ0v) is 29.9. The first-order valence-corrected chi connectivity index (χ1v) is 18.5. The Kier molecular flexibility index (Phi) is 7.38. The normalized spacial score (nSPS) is 11.6. The Labute approximate surface area is 321 Å². The molecule has 0 aliphatic carbocycles. The summed E-state index contributed by atoms with van der Waals surface area (Å²) >= 11 is 0. The second kappa shape index (κ2) is 13.0. The van der Waals surface area contributed by atoms with Crippen molar-refractivity contribution in [3.8, 4) is 67.8 Å². The molecule has 6 nitrogen and oxygen atoms in total. The SMILES string of the molecule is c1ccc(-c2cc(-c3ccccc3)nc(-c3ccc4c(c3)oc3cc5c(cc34)oc3cc(-c4nc(-c6ccccc6)cc(-c6ccccc6)n4)ccc35)n2)cc1. The van der Waals surface area contributed by atoms with Gasteiger partial charge < -0.3 is 8.83 Å². The maximum atomic E-state index is 6.56. The minimum atomic E-state index is 0.636. The van der Waals surface area contributed by atoms with E-state index >= 15 is 0 Å². The third-order valence-electron chi connectivity index (χ3n) is 10.3. The first-order chi connectivity index (χ1) is 27.7. The molecule has 0 amide bonds. The lowest BCUT2D eigenvalue weighted by atomic mass is 10.0. The maximum absolute atomic E-state index is 6.56. The van der Waals surface area contributed by atoms with E-state index in [2.05, 4.69) is 84.9 Å². The van der Waals surface area contributed by atoms with E-state index in [4.69, 9.17) is 28.8 Å². The molecule has 0 aliphatic heterocycles. The summed E-state index contributed by atoms with van der Waals surface area (Å²) in [5, 5.41) is 3.95. The van der Waals surface area contributed by atoms with Gasteiger partial charge in [0.1, 0.15) is 22.3 Å². The van der Waals surface area contributed by atoms with Gasteiger partial charge in [-0.05, 0) is 48.5 Å². The second-order valence-corrected chi connectivity index (χ2v) is 13.9. The molecule has 0 fully saturated rings. The molecule has 0 radical (unpaired) electrons. The van der Waals surface area contributed by atoms with Crippen molar-refractivity contribution < 1.29 is 8.83 Å². The number of fused-ring (bicyclic) bond motifs is 6. The number of benzene rings is 7. The van der Waals surface area contributed by atoms with E-state index in [0.29, 0.717) is 11.6 Å². The van der Waals surface area contributed by atoms with Crippen molar-refractivity contribution >= 4 is 43.9 Å². The molecule has 0 bridgehead atoms. The summed E-state index contributed by atoms with van der Waals surface area (Å²) in [6, 6.07) is 61.5. The summed E-state index contributed by atoms with van der Waals surface area (Å²) in [7, 11) is 0. The molecule has 0 aliphatic rings. The molecular weight excluding hydrogens is 689 g/mol. The fourth-order valence-corrected chi connectivity index (χ4v) is 7.50. The molecule has 11 aromatic rings. The van der Waals surface area contributed by atoms with Gasteiger partial charge in [0.05, 0.1) is 22.8 Å². The molecule has 0 saturated carbocycles. The largest absolute Gasteiger partial charge is 0.456 e. The van der Waals surface area contributed by atoms with Gasteiger partial charge in [-0.25, -0.2) is 19.9 Å². The second-order valence-electron chi connectivity index (χ2n) is 13.9. The summed E-state index contributed by atoms with van der Waals surface area (Å²) < 4.78 is 13.1. The molecule has 7 aromatic carbocycles. The van der Waals surface area contributed by atoms with Crippen LogP contribution < -0.4 is 0 Å². The summed E-state index contributed by atoms with van der Waals surface area (Å²) in [4.78, 5) is 20.1. The summed E-state index contributed by atoms with van der Waals surface area (Å²) in [6.45, 7) is 0. The smallest absolute Gasteiger partial charge is 0.160 e. The van der Waals surface area contributed by atoms with Gasteiger partial charge in [-0.15, -0.1) is 0 Å². The quantitative estimate of drug-likeness (QED) is 0.170. The molecule has 0 unspecified atom stereocenters. The lowest BCUT2D eigenvalue weighted by Gasteiger charge is -2.09. The van der Waals surface area contributed by atoms with Crippen molar-refractivity contribution in [1.29, 1.82) is 0 Å². The van der Waals surface area contributed by atoms with E-state index < -0.39 is 0 Å². The molecule has 56 heavy (non-hydrogen) atoms. The topological polar surface area (TPSA) is 77.8 Å². The lowest BCUT2D eigenvalue weighted by molar-refractivity contribution is 0.664. The van der Waals surface area contributed by atoms with Crippen LogP contribution in [-0.4, -0.2) is 19.9 Å². The first kappa shape index (κ1) is 31.8. The van der Waals surface area contributed by atoms with E-state index in [1.54, 1.807) is 0 Å². The van der Waals surface area contributed by atoms with Crippen LogP contribution in [0.3, 0.4) is 0 Å². The lowest BCUT2D eigenvalue weighted by Crippen LogP contribution is -1.95. The van der Waals surface area contributed by atoms with Crippen LogP contribution in [0.1, 0.15) is 0 Å². The average Bonchev–Trinajstić information content (AvgIpc) is 3.82. The highest BCUT2D eigenvalue weighted by atomic mass is 16.3. The molecule has 11 rings (SSSR count). The fraction of sp³-hybridized carbons (Fsp3) is 0. The van der Waals surface area contributed by atoms with Gasteiger partial charge >= 0.3 is 0 Å². The Hall–Kier alpha value is -7.70. The number of nitrogens with zero attached hydrogens (tertiary/aromatic N) is 4. The minimum absolute atomic E-state index is 0.636. The first-order valence-electron chi connectivity index (χ1n) is 18.5. The van der Waals surface area contributed by atoms with Crippen molar-refractivity contribution in [2.45, 2.75) is 0 Å². The Balaban J connectivity index is 0.996. The van der Waals surface area contributed by atoms with Crippen LogP contribution in [0.15, 0.2) is 191 Å². The fourth-order valence-electron chi connectivity index (χ4n) is 7.50. The number of rotatable bonds is 6. The van der Waals surface area contributed by atoms with E-state index in [-0.39, 0.29) is 0 Å². The van der Waals surface area contributed by atoms with Crippen molar-refractivity contribution in [2.24, 2.45) is 0 Å². The van der Waals surface area contributed by atoms with E-state index in [0.717, 1.165) is 100 Å². The van der Waals surface area contributed by atoms with Crippen LogP contribution in [0.4, 0.5) is 0 Å². The molecule has 4 aromatic heterocycles. The van der Waals surface area contributed by atoms with Gasteiger partial charge in [0, 0.05) is 54.9 Å². The van der Waals surface area contributed by atoms with Crippen LogP contribution >= 0.6 is 0 Å². The molecule has 0 atom stereocenters. The number of aromatic nitrogens is 4. The van der Waals surface area contributed by atoms with Gasteiger partial charge in [0.2, 0.25) is 0 Å². The summed E-state index contributed by atoms with van der Waals surface area (Å²) in [6.07, 6.45) is 0. The van der Waals surface area contributed by atoms with Crippen LogP contribution in [0, 0.1) is 0 Å². The monoisotopic (exact) mass is 718 g/mol. The zero-order valence-electron chi connectivity index (χ0n) is 29.9. The van der Waals surface area contributed by atoms with Crippen LogP contribution in [0.25, 0.3) is 112 Å². The summed E-state index contributed by atoms with van der Waals surface area (Å²) in [5.74, 6) is 1.27. The minimum Gasteiger partial charge on any atom is -0.456 e.